The van der Waals surface area contributed by atoms with E-state index in [4.69, 9.17) is 0 Å². The van der Waals surface area contributed by atoms with Crippen LogP contribution in [0.25, 0.3) is 0 Å². The standard InChI is InChI=1S/C17H18FNO/c1-13-6-8-16(9-7-13)19(2)11-10-17(20)14-4-3-5-15(18)12-14/h3-9,12H,10-11H2,1-2H3. The Morgan fingerprint density at radius 2 is 1.85 bits per heavy atom. The average molecular weight is 271 g/mol. The highest BCUT2D eigenvalue weighted by Gasteiger charge is 2.08. The molecular weight excluding hydrogens is 253 g/mol. The van der Waals surface area contributed by atoms with Crippen LogP contribution in [0.3, 0.4) is 0 Å². The van der Waals surface area contributed by atoms with Crippen LogP contribution in [0.15, 0.2) is 48.5 Å². The number of aryl methyl sites for hydroxylation is 1. The summed E-state index contributed by atoms with van der Waals surface area (Å²) in [6, 6.07) is 14.0. The molecule has 0 saturated heterocycles. The first kappa shape index (κ1) is 14.3. The van der Waals surface area contributed by atoms with Gasteiger partial charge in [0.05, 0.1) is 0 Å². The first-order valence-electron chi connectivity index (χ1n) is 6.63. The highest BCUT2D eigenvalue weighted by atomic mass is 19.1. The summed E-state index contributed by atoms with van der Waals surface area (Å²) in [5, 5.41) is 0. The average Bonchev–Trinajstić information content (AvgIpc) is 2.45. The Morgan fingerprint density at radius 3 is 2.50 bits per heavy atom. The van der Waals surface area contributed by atoms with E-state index < -0.39 is 0 Å². The number of hydrogen-bond donors (Lipinski definition) is 0. The number of benzene rings is 2. The second-order valence-corrected chi connectivity index (χ2v) is 4.94. The van der Waals surface area contributed by atoms with Crippen molar-refractivity contribution in [2.45, 2.75) is 13.3 Å². The first-order chi connectivity index (χ1) is 9.56. The van der Waals surface area contributed by atoms with Gasteiger partial charge in [0.2, 0.25) is 0 Å². The largest absolute Gasteiger partial charge is 0.374 e. The molecule has 104 valence electrons. The molecule has 0 spiro atoms. The Balaban J connectivity index is 1.94. The highest BCUT2D eigenvalue weighted by molar-refractivity contribution is 5.96. The number of carbonyl (C=O) groups excluding carboxylic acids is 1. The van der Waals surface area contributed by atoms with E-state index in [-0.39, 0.29) is 11.6 Å². The van der Waals surface area contributed by atoms with E-state index in [2.05, 4.69) is 0 Å². The number of carbonyl (C=O) groups is 1. The van der Waals surface area contributed by atoms with Crippen LogP contribution in [0.1, 0.15) is 22.3 Å². The van der Waals surface area contributed by atoms with Gasteiger partial charge >= 0.3 is 0 Å². The van der Waals surface area contributed by atoms with E-state index in [0.29, 0.717) is 18.5 Å². The zero-order chi connectivity index (χ0) is 14.5. The molecule has 2 nitrogen and oxygen atoms in total. The lowest BCUT2D eigenvalue weighted by Crippen LogP contribution is -2.21. The molecule has 2 aromatic rings. The van der Waals surface area contributed by atoms with Gasteiger partial charge in [0.15, 0.2) is 5.78 Å². The van der Waals surface area contributed by atoms with E-state index >= 15 is 0 Å². The van der Waals surface area contributed by atoms with Gasteiger partial charge in [-0.25, -0.2) is 4.39 Å². The van der Waals surface area contributed by atoms with E-state index in [1.54, 1.807) is 12.1 Å². The number of hydrogen-bond acceptors (Lipinski definition) is 2. The molecule has 0 amide bonds. The predicted molar refractivity (Wildman–Crippen MR) is 79.8 cm³/mol. The molecule has 0 radical (unpaired) electrons. The Kier molecular flexibility index (Phi) is 4.51. The lowest BCUT2D eigenvalue weighted by Gasteiger charge is -2.19. The Bertz CT molecular complexity index is 592. The molecule has 0 aliphatic rings. The van der Waals surface area contributed by atoms with Crippen molar-refractivity contribution in [3.05, 3.63) is 65.5 Å². The molecule has 0 atom stereocenters. The number of nitrogens with zero attached hydrogens (tertiary/aromatic N) is 1. The highest BCUT2D eigenvalue weighted by Crippen LogP contribution is 2.14. The maximum atomic E-state index is 13.1. The zero-order valence-corrected chi connectivity index (χ0v) is 11.8. The molecule has 2 aromatic carbocycles. The summed E-state index contributed by atoms with van der Waals surface area (Å²) in [6.07, 6.45) is 0.369. The van der Waals surface area contributed by atoms with Crippen LogP contribution in [0.5, 0.6) is 0 Å². The van der Waals surface area contributed by atoms with Gasteiger partial charge in [0.1, 0.15) is 5.82 Å². The van der Waals surface area contributed by atoms with Gasteiger partial charge < -0.3 is 4.90 Å². The summed E-state index contributed by atoms with van der Waals surface area (Å²) in [5.41, 5.74) is 2.71. The van der Waals surface area contributed by atoms with Gasteiger partial charge in [-0.15, -0.1) is 0 Å². The van der Waals surface area contributed by atoms with Crippen molar-refractivity contribution in [1.82, 2.24) is 0 Å². The third-order valence-electron chi connectivity index (χ3n) is 3.30. The molecular formula is C17H18FNO. The van der Waals surface area contributed by atoms with Crippen LogP contribution in [-0.2, 0) is 0 Å². The van der Waals surface area contributed by atoms with Gasteiger partial charge in [0.25, 0.3) is 0 Å². The SMILES string of the molecule is Cc1ccc(N(C)CCC(=O)c2cccc(F)c2)cc1. The third-order valence-corrected chi connectivity index (χ3v) is 3.30. The molecule has 0 unspecified atom stereocenters. The van der Waals surface area contributed by atoms with Crippen LogP contribution >= 0.6 is 0 Å². The van der Waals surface area contributed by atoms with Gasteiger partial charge in [0, 0.05) is 31.3 Å². The fraction of sp³-hybridized carbons (Fsp3) is 0.235. The molecule has 20 heavy (non-hydrogen) atoms. The Morgan fingerprint density at radius 1 is 1.15 bits per heavy atom. The fourth-order valence-corrected chi connectivity index (χ4v) is 2.00. The topological polar surface area (TPSA) is 20.3 Å². The summed E-state index contributed by atoms with van der Waals surface area (Å²) in [5.74, 6) is -0.411. The van der Waals surface area contributed by atoms with Crippen LogP contribution < -0.4 is 4.90 Å². The zero-order valence-electron chi connectivity index (χ0n) is 11.8. The number of Topliss-reactive ketones (excluding diaryl/α,β-unsaturated/α-hetero) is 1. The van der Waals surface area contributed by atoms with E-state index in [1.165, 1.54) is 17.7 Å². The lowest BCUT2D eigenvalue weighted by atomic mass is 10.1. The van der Waals surface area contributed by atoms with Crippen molar-refractivity contribution in [2.75, 3.05) is 18.5 Å². The molecule has 3 heteroatoms. The predicted octanol–water partition coefficient (Wildman–Crippen LogP) is 3.84. The molecule has 0 bridgehead atoms. The lowest BCUT2D eigenvalue weighted by molar-refractivity contribution is 0.0984. The normalized spacial score (nSPS) is 10.3. The Hall–Kier alpha value is -2.16. The molecule has 0 heterocycles. The molecule has 0 fully saturated rings. The van der Waals surface area contributed by atoms with Gasteiger partial charge in [-0.2, -0.15) is 0 Å². The maximum absolute atomic E-state index is 13.1. The van der Waals surface area contributed by atoms with Crippen LogP contribution in [0.4, 0.5) is 10.1 Å². The van der Waals surface area contributed by atoms with Crippen LogP contribution in [0.2, 0.25) is 0 Å². The molecule has 2 rings (SSSR count). The number of rotatable bonds is 5. The van der Waals surface area contributed by atoms with Crippen molar-refractivity contribution in [2.24, 2.45) is 0 Å². The maximum Gasteiger partial charge on any atom is 0.164 e. The molecule has 0 saturated carbocycles. The minimum absolute atomic E-state index is 0.0385. The minimum Gasteiger partial charge on any atom is -0.374 e. The monoisotopic (exact) mass is 271 g/mol. The van der Waals surface area contributed by atoms with Crippen molar-refractivity contribution in [3.63, 3.8) is 0 Å². The third kappa shape index (κ3) is 3.67. The molecule has 0 aliphatic heterocycles. The number of halogens is 1. The van der Waals surface area contributed by atoms with Gasteiger partial charge in [-0.05, 0) is 31.2 Å². The summed E-state index contributed by atoms with van der Waals surface area (Å²) < 4.78 is 13.1. The van der Waals surface area contributed by atoms with E-state index in [1.807, 2.05) is 43.1 Å². The summed E-state index contributed by atoms with van der Waals surface area (Å²) in [4.78, 5) is 14.0. The van der Waals surface area contributed by atoms with Crippen molar-refractivity contribution in [3.8, 4) is 0 Å². The second-order valence-electron chi connectivity index (χ2n) is 4.94. The van der Waals surface area contributed by atoms with Gasteiger partial charge in [-0.3, -0.25) is 4.79 Å². The first-order valence-corrected chi connectivity index (χ1v) is 6.63. The van der Waals surface area contributed by atoms with Gasteiger partial charge in [-0.1, -0.05) is 29.8 Å². The minimum atomic E-state index is -0.372. The summed E-state index contributed by atoms with van der Waals surface area (Å²) in [7, 11) is 1.95. The number of ketones is 1. The summed E-state index contributed by atoms with van der Waals surface area (Å²) in [6.45, 7) is 2.65. The fourth-order valence-electron chi connectivity index (χ4n) is 2.00. The summed E-state index contributed by atoms with van der Waals surface area (Å²) >= 11 is 0. The smallest absolute Gasteiger partial charge is 0.164 e. The van der Waals surface area contributed by atoms with Crippen molar-refractivity contribution < 1.29 is 9.18 Å². The number of anilines is 1. The van der Waals surface area contributed by atoms with Crippen LogP contribution in [-0.4, -0.2) is 19.4 Å². The second kappa shape index (κ2) is 6.33. The van der Waals surface area contributed by atoms with Crippen molar-refractivity contribution >= 4 is 11.5 Å². The molecule has 0 aromatic heterocycles. The molecule has 0 aliphatic carbocycles. The quantitative estimate of drug-likeness (QED) is 0.770. The van der Waals surface area contributed by atoms with E-state index in [0.717, 1.165) is 5.69 Å². The van der Waals surface area contributed by atoms with E-state index in [9.17, 15) is 9.18 Å². The Labute approximate surface area is 118 Å². The van der Waals surface area contributed by atoms with Crippen LogP contribution in [0, 0.1) is 12.7 Å². The van der Waals surface area contributed by atoms with Crippen molar-refractivity contribution in [1.29, 1.82) is 0 Å². The molecule has 0 N–H and O–H groups in total.